The Labute approximate surface area is 141 Å². The van der Waals surface area contributed by atoms with Crippen molar-refractivity contribution in [2.24, 2.45) is 5.92 Å². The van der Waals surface area contributed by atoms with E-state index in [-0.39, 0.29) is 5.91 Å². The molecule has 124 valence electrons. The normalized spacial score (nSPS) is 15.7. The van der Waals surface area contributed by atoms with E-state index in [2.05, 4.69) is 15.4 Å². The van der Waals surface area contributed by atoms with Gasteiger partial charge in [0, 0.05) is 37.2 Å². The zero-order valence-corrected chi connectivity index (χ0v) is 14.2. The maximum Gasteiger partial charge on any atom is 0.220 e. The van der Waals surface area contributed by atoms with E-state index in [0.717, 1.165) is 29.6 Å². The fourth-order valence-corrected chi connectivity index (χ4v) is 3.93. The molecule has 0 saturated heterocycles. The van der Waals surface area contributed by atoms with Crippen molar-refractivity contribution < 1.29 is 4.79 Å². The van der Waals surface area contributed by atoms with E-state index in [1.54, 1.807) is 22.2 Å². The van der Waals surface area contributed by atoms with Gasteiger partial charge in [-0.1, -0.05) is 32.1 Å². The highest BCUT2D eigenvalue weighted by atomic mass is 32.1. The Morgan fingerprint density at radius 1 is 1.35 bits per heavy atom. The van der Waals surface area contributed by atoms with Gasteiger partial charge in [-0.3, -0.25) is 4.79 Å². The number of carbonyl (C=O) groups is 1. The van der Waals surface area contributed by atoms with Crippen LogP contribution in [-0.2, 0) is 11.2 Å². The van der Waals surface area contributed by atoms with Gasteiger partial charge in [0.25, 0.3) is 0 Å². The van der Waals surface area contributed by atoms with Gasteiger partial charge in [0.1, 0.15) is 0 Å². The van der Waals surface area contributed by atoms with Crippen molar-refractivity contribution in [2.45, 2.75) is 51.4 Å². The third kappa shape index (κ3) is 4.89. The number of thiazole rings is 1. The Balaban J connectivity index is 1.35. The highest BCUT2D eigenvalue weighted by molar-refractivity contribution is 7.12. The number of nitrogens with one attached hydrogen (secondary N) is 1. The van der Waals surface area contributed by atoms with Gasteiger partial charge in [0.05, 0.1) is 5.69 Å². The second kappa shape index (κ2) is 8.24. The molecule has 2 heterocycles. The third-order valence-corrected chi connectivity index (χ3v) is 5.33. The minimum Gasteiger partial charge on any atom is -0.356 e. The predicted molar refractivity (Wildman–Crippen MR) is 91.8 cm³/mol. The first-order valence-electron chi connectivity index (χ1n) is 8.52. The van der Waals surface area contributed by atoms with Gasteiger partial charge in [-0.2, -0.15) is 5.10 Å². The topological polar surface area (TPSA) is 59.8 Å². The monoisotopic (exact) mass is 332 g/mol. The smallest absolute Gasteiger partial charge is 0.220 e. The fourth-order valence-electron chi connectivity index (χ4n) is 3.13. The summed E-state index contributed by atoms with van der Waals surface area (Å²) in [7, 11) is 0. The number of hydrogen-bond donors (Lipinski definition) is 1. The summed E-state index contributed by atoms with van der Waals surface area (Å²) in [5, 5.41) is 10.1. The van der Waals surface area contributed by atoms with Gasteiger partial charge in [0.2, 0.25) is 11.0 Å². The van der Waals surface area contributed by atoms with Crippen LogP contribution in [0.15, 0.2) is 23.8 Å². The molecule has 1 saturated carbocycles. The Kier molecular flexibility index (Phi) is 5.80. The molecule has 5 nitrogen and oxygen atoms in total. The summed E-state index contributed by atoms with van der Waals surface area (Å²) in [6, 6.07) is 1.88. The lowest BCUT2D eigenvalue weighted by atomic mass is 9.86. The zero-order chi connectivity index (χ0) is 15.9. The fraction of sp³-hybridized carbons (Fsp3) is 0.588. The van der Waals surface area contributed by atoms with Crippen molar-refractivity contribution >= 4 is 17.2 Å². The molecule has 23 heavy (non-hydrogen) atoms. The zero-order valence-electron chi connectivity index (χ0n) is 13.4. The van der Waals surface area contributed by atoms with Gasteiger partial charge in [-0.15, -0.1) is 11.3 Å². The number of carbonyl (C=O) groups excluding carboxylic acids is 1. The lowest BCUT2D eigenvalue weighted by Gasteiger charge is -2.20. The molecule has 2 aromatic heterocycles. The molecule has 0 radical (unpaired) electrons. The average molecular weight is 332 g/mol. The number of amides is 1. The predicted octanol–water partition coefficient (Wildman–Crippen LogP) is 3.35. The molecule has 0 aromatic carbocycles. The molecular formula is C17H24N4OS. The molecular weight excluding hydrogens is 308 g/mol. The minimum absolute atomic E-state index is 0.179. The minimum atomic E-state index is 0.179. The molecule has 0 spiro atoms. The van der Waals surface area contributed by atoms with Crippen LogP contribution in [-0.4, -0.2) is 27.2 Å². The summed E-state index contributed by atoms with van der Waals surface area (Å²) in [6.07, 6.45) is 12.8. The summed E-state index contributed by atoms with van der Waals surface area (Å²) >= 11 is 1.57. The van der Waals surface area contributed by atoms with E-state index in [1.807, 2.05) is 17.6 Å². The number of hydrogen-bond acceptors (Lipinski definition) is 4. The summed E-state index contributed by atoms with van der Waals surface area (Å²) < 4.78 is 1.76. The first-order valence-corrected chi connectivity index (χ1v) is 9.40. The molecule has 2 aromatic rings. The van der Waals surface area contributed by atoms with Crippen molar-refractivity contribution in [1.29, 1.82) is 0 Å². The Morgan fingerprint density at radius 2 is 2.22 bits per heavy atom. The molecule has 1 N–H and O–H groups in total. The first-order chi connectivity index (χ1) is 11.3. The van der Waals surface area contributed by atoms with E-state index in [4.69, 9.17) is 0 Å². The lowest BCUT2D eigenvalue weighted by Crippen LogP contribution is -2.26. The van der Waals surface area contributed by atoms with Crippen LogP contribution in [0.3, 0.4) is 0 Å². The highest BCUT2D eigenvalue weighted by Gasteiger charge is 2.14. The molecule has 1 fully saturated rings. The van der Waals surface area contributed by atoms with Crippen LogP contribution in [0.25, 0.3) is 5.13 Å². The van der Waals surface area contributed by atoms with Crippen LogP contribution in [0.4, 0.5) is 0 Å². The Morgan fingerprint density at radius 3 is 3.00 bits per heavy atom. The molecule has 0 aliphatic heterocycles. The summed E-state index contributed by atoms with van der Waals surface area (Å²) in [4.78, 5) is 16.5. The number of rotatable bonds is 7. The van der Waals surface area contributed by atoms with E-state index in [9.17, 15) is 4.79 Å². The van der Waals surface area contributed by atoms with Crippen LogP contribution in [0.1, 0.15) is 50.6 Å². The van der Waals surface area contributed by atoms with Crippen molar-refractivity contribution in [3.05, 3.63) is 29.5 Å². The maximum absolute atomic E-state index is 11.9. The van der Waals surface area contributed by atoms with Gasteiger partial charge < -0.3 is 5.32 Å². The summed E-state index contributed by atoms with van der Waals surface area (Å²) in [5.41, 5.74) is 1.01. The van der Waals surface area contributed by atoms with Gasteiger partial charge >= 0.3 is 0 Å². The van der Waals surface area contributed by atoms with Gasteiger partial charge in [-0.25, -0.2) is 9.67 Å². The van der Waals surface area contributed by atoms with Crippen LogP contribution in [0.5, 0.6) is 0 Å². The molecule has 6 heteroatoms. The second-order valence-electron chi connectivity index (χ2n) is 6.21. The quantitative estimate of drug-likeness (QED) is 0.846. The Hall–Kier alpha value is -1.69. The van der Waals surface area contributed by atoms with Crippen LogP contribution >= 0.6 is 11.3 Å². The average Bonchev–Trinajstić information content (AvgIpc) is 3.25. The largest absolute Gasteiger partial charge is 0.356 e. The Bertz CT molecular complexity index is 602. The molecule has 1 amide bonds. The summed E-state index contributed by atoms with van der Waals surface area (Å²) in [5.74, 6) is 0.947. The van der Waals surface area contributed by atoms with Crippen molar-refractivity contribution in [3.8, 4) is 5.13 Å². The standard InChI is InChI=1S/C17H24N4OS/c22-16(8-7-14-5-2-1-3-6-14)18-11-9-15-13-23-17(20-15)21-12-4-10-19-21/h4,10,12-14H,1-3,5-9,11H2,(H,18,22). The third-order valence-electron chi connectivity index (χ3n) is 4.45. The number of nitrogens with zero attached hydrogens (tertiary/aromatic N) is 3. The van der Waals surface area contributed by atoms with E-state index in [1.165, 1.54) is 32.1 Å². The van der Waals surface area contributed by atoms with Gasteiger partial charge in [-0.05, 0) is 18.4 Å². The molecule has 0 unspecified atom stereocenters. The van der Waals surface area contributed by atoms with Gasteiger partial charge in [0.15, 0.2) is 0 Å². The molecule has 0 bridgehead atoms. The van der Waals surface area contributed by atoms with E-state index >= 15 is 0 Å². The summed E-state index contributed by atoms with van der Waals surface area (Å²) in [6.45, 7) is 0.659. The van der Waals surface area contributed by atoms with Crippen molar-refractivity contribution in [1.82, 2.24) is 20.1 Å². The van der Waals surface area contributed by atoms with E-state index < -0.39 is 0 Å². The van der Waals surface area contributed by atoms with Crippen molar-refractivity contribution in [2.75, 3.05) is 6.54 Å². The second-order valence-corrected chi connectivity index (χ2v) is 7.05. The maximum atomic E-state index is 11.9. The van der Waals surface area contributed by atoms with Crippen molar-refractivity contribution in [3.63, 3.8) is 0 Å². The molecule has 1 aliphatic rings. The van der Waals surface area contributed by atoms with Crippen LogP contribution < -0.4 is 5.32 Å². The van der Waals surface area contributed by atoms with E-state index in [0.29, 0.717) is 13.0 Å². The molecule has 0 atom stereocenters. The van der Waals surface area contributed by atoms with Crippen LogP contribution in [0, 0.1) is 5.92 Å². The highest BCUT2D eigenvalue weighted by Crippen LogP contribution is 2.27. The molecule has 1 aliphatic carbocycles. The van der Waals surface area contributed by atoms with Crippen LogP contribution in [0.2, 0.25) is 0 Å². The SMILES string of the molecule is O=C(CCC1CCCCC1)NCCc1csc(-n2cccn2)n1. The first kappa shape index (κ1) is 16.2. The molecule has 3 rings (SSSR count). The number of aromatic nitrogens is 3. The lowest BCUT2D eigenvalue weighted by molar-refractivity contribution is -0.121.